The fourth-order valence-electron chi connectivity index (χ4n) is 1.74. The van der Waals surface area contributed by atoms with E-state index in [0.29, 0.717) is 26.1 Å². The maximum atomic E-state index is 11.9. The van der Waals surface area contributed by atoms with E-state index >= 15 is 0 Å². The Labute approximate surface area is 102 Å². The summed E-state index contributed by atoms with van der Waals surface area (Å²) in [5, 5.41) is 2.66. The Morgan fingerprint density at radius 3 is 2.88 bits per heavy atom. The molecule has 1 heterocycles. The third-order valence-corrected chi connectivity index (χ3v) is 2.82. The van der Waals surface area contributed by atoms with Crippen LogP contribution in [0, 0.1) is 0 Å². The van der Waals surface area contributed by atoms with Gasteiger partial charge in [-0.2, -0.15) is 0 Å². The van der Waals surface area contributed by atoms with Crippen molar-refractivity contribution in [1.82, 2.24) is 10.2 Å². The first-order valence-electron chi connectivity index (χ1n) is 6.31. The number of hydrogen-bond donors (Lipinski definition) is 1. The van der Waals surface area contributed by atoms with Crippen LogP contribution in [0.5, 0.6) is 0 Å². The van der Waals surface area contributed by atoms with Gasteiger partial charge in [0.25, 0.3) is 0 Å². The predicted octanol–water partition coefficient (Wildman–Crippen LogP) is 0.540. The minimum atomic E-state index is -0.416. The zero-order valence-corrected chi connectivity index (χ0v) is 10.7. The number of unbranched alkanes of at least 4 members (excludes halogenated alkanes) is 1. The van der Waals surface area contributed by atoms with Gasteiger partial charge in [0.2, 0.25) is 11.8 Å². The van der Waals surface area contributed by atoms with E-state index in [1.807, 2.05) is 0 Å². The SMILES string of the molecule is CCCCOCCN1CCC(=O)NC(C)C1=O. The standard InChI is InChI=1S/C12H22N2O3/c1-3-4-8-17-9-7-14-6-5-11(15)13-10(2)12(14)16/h10H,3-9H2,1-2H3,(H,13,15). The van der Waals surface area contributed by atoms with Crippen molar-refractivity contribution in [2.45, 2.75) is 39.2 Å². The van der Waals surface area contributed by atoms with Crippen molar-refractivity contribution in [2.24, 2.45) is 0 Å². The van der Waals surface area contributed by atoms with E-state index in [2.05, 4.69) is 12.2 Å². The van der Waals surface area contributed by atoms with Crippen molar-refractivity contribution >= 4 is 11.8 Å². The number of hydrogen-bond acceptors (Lipinski definition) is 3. The molecule has 1 aliphatic rings. The van der Waals surface area contributed by atoms with E-state index in [4.69, 9.17) is 4.74 Å². The molecule has 1 atom stereocenters. The van der Waals surface area contributed by atoms with Crippen LogP contribution in [0.2, 0.25) is 0 Å². The van der Waals surface area contributed by atoms with Crippen molar-refractivity contribution in [3.05, 3.63) is 0 Å². The Kier molecular flexibility index (Phi) is 5.97. The molecule has 1 fully saturated rings. The summed E-state index contributed by atoms with van der Waals surface area (Å²) in [5.41, 5.74) is 0. The van der Waals surface area contributed by atoms with Crippen LogP contribution in [0.1, 0.15) is 33.1 Å². The molecule has 1 aliphatic heterocycles. The lowest BCUT2D eigenvalue weighted by atomic mass is 10.3. The van der Waals surface area contributed by atoms with Gasteiger partial charge >= 0.3 is 0 Å². The minimum Gasteiger partial charge on any atom is -0.380 e. The van der Waals surface area contributed by atoms with Crippen LogP contribution in [0.15, 0.2) is 0 Å². The molecule has 0 saturated carbocycles. The average molecular weight is 242 g/mol. The van der Waals surface area contributed by atoms with Crippen LogP contribution < -0.4 is 5.32 Å². The Morgan fingerprint density at radius 2 is 2.18 bits per heavy atom. The van der Waals surface area contributed by atoms with Crippen molar-refractivity contribution in [1.29, 1.82) is 0 Å². The van der Waals surface area contributed by atoms with Crippen LogP contribution in [0.3, 0.4) is 0 Å². The van der Waals surface area contributed by atoms with Crippen molar-refractivity contribution in [3.63, 3.8) is 0 Å². The van der Waals surface area contributed by atoms with Gasteiger partial charge in [0.05, 0.1) is 6.61 Å². The summed E-state index contributed by atoms with van der Waals surface area (Å²) < 4.78 is 5.43. The van der Waals surface area contributed by atoms with E-state index in [-0.39, 0.29) is 11.8 Å². The third kappa shape index (κ3) is 4.73. The van der Waals surface area contributed by atoms with Crippen LogP contribution in [0.4, 0.5) is 0 Å². The molecule has 98 valence electrons. The van der Waals surface area contributed by atoms with Gasteiger partial charge in [0, 0.05) is 26.1 Å². The van der Waals surface area contributed by atoms with E-state index in [0.717, 1.165) is 19.4 Å². The number of nitrogens with one attached hydrogen (secondary N) is 1. The number of ether oxygens (including phenoxy) is 1. The van der Waals surface area contributed by atoms with E-state index in [9.17, 15) is 9.59 Å². The summed E-state index contributed by atoms with van der Waals surface area (Å²) in [6.07, 6.45) is 2.54. The lowest BCUT2D eigenvalue weighted by molar-refractivity contribution is -0.133. The molecule has 0 radical (unpaired) electrons. The Morgan fingerprint density at radius 1 is 1.41 bits per heavy atom. The van der Waals surface area contributed by atoms with Gasteiger partial charge in [0.15, 0.2) is 0 Å². The largest absolute Gasteiger partial charge is 0.380 e. The van der Waals surface area contributed by atoms with Crippen LogP contribution >= 0.6 is 0 Å². The van der Waals surface area contributed by atoms with E-state index in [1.54, 1.807) is 11.8 Å². The maximum Gasteiger partial charge on any atom is 0.244 e. The van der Waals surface area contributed by atoms with Gasteiger partial charge < -0.3 is 15.0 Å². The molecular formula is C12H22N2O3. The van der Waals surface area contributed by atoms with E-state index in [1.165, 1.54) is 0 Å². The zero-order valence-electron chi connectivity index (χ0n) is 10.7. The Bertz CT molecular complexity index is 268. The minimum absolute atomic E-state index is 0.0186. The number of carbonyl (C=O) groups excluding carboxylic acids is 2. The molecule has 0 spiro atoms. The smallest absolute Gasteiger partial charge is 0.244 e. The highest BCUT2D eigenvalue weighted by molar-refractivity contribution is 5.89. The van der Waals surface area contributed by atoms with Crippen molar-refractivity contribution < 1.29 is 14.3 Å². The number of rotatable bonds is 6. The molecule has 17 heavy (non-hydrogen) atoms. The molecule has 2 amide bonds. The number of amides is 2. The summed E-state index contributed by atoms with van der Waals surface area (Å²) >= 11 is 0. The second-order valence-corrected chi connectivity index (χ2v) is 4.33. The van der Waals surface area contributed by atoms with Gasteiger partial charge in [-0.15, -0.1) is 0 Å². The lowest BCUT2D eigenvalue weighted by Gasteiger charge is -2.22. The molecule has 0 aromatic heterocycles. The lowest BCUT2D eigenvalue weighted by Crippen LogP contribution is -2.43. The molecule has 1 rings (SSSR count). The molecule has 5 heteroatoms. The molecule has 5 nitrogen and oxygen atoms in total. The highest BCUT2D eigenvalue weighted by Gasteiger charge is 2.25. The molecule has 1 unspecified atom stereocenters. The quantitative estimate of drug-likeness (QED) is 0.692. The molecule has 0 aliphatic carbocycles. The van der Waals surface area contributed by atoms with E-state index < -0.39 is 6.04 Å². The average Bonchev–Trinajstić information content (AvgIpc) is 2.42. The summed E-state index contributed by atoms with van der Waals surface area (Å²) in [6, 6.07) is -0.416. The monoisotopic (exact) mass is 242 g/mol. The Hall–Kier alpha value is -1.10. The molecule has 1 N–H and O–H groups in total. The van der Waals surface area contributed by atoms with Crippen LogP contribution in [-0.2, 0) is 14.3 Å². The molecule has 0 bridgehead atoms. The first-order chi connectivity index (χ1) is 8.15. The number of carbonyl (C=O) groups is 2. The normalized spacial score (nSPS) is 21.3. The topological polar surface area (TPSA) is 58.6 Å². The summed E-state index contributed by atoms with van der Waals surface area (Å²) in [5.74, 6) is -0.0739. The zero-order chi connectivity index (χ0) is 12.7. The van der Waals surface area contributed by atoms with Crippen LogP contribution in [-0.4, -0.2) is 49.1 Å². The van der Waals surface area contributed by atoms with Gasteiger partial charge in [-0.1, -0.05) is 13.3 Å². The fraction of sp³-hybridized carbons (Fsp3) is 0.833. The van der Waals surface area contributed by atoms with Crippen molar-refractivity contribution in [3.8, 4) is 0 Å². The van der Waals surface area contributed by atoms with Gasteiger partial charge in [-0.05, 0) is 13.3 Å². The highest BCUT2D eigenvalue weighted by atomic mass is 16.5. The summed E-state index contributed by atoms with van der Waals surface area (Å²) in [4.78, 5) is 24.8. The maximum absolute atomic E-state index is 11.9. The molecule has 0 aromatic rings. The fourth-order valence-corrected chi connectivity index (χ4v) is 1.74. The third-order valence-electron chi connectivity index (χ3n) is 2.82. The second-order valence-electron chi connectivity index (χ2n) is 4.33. The first-order valence-corrected chi connectivity index (χ1v) is 6.31. The molecule has 0 aromatic carbocycles. The molecule has 1 saturated heterocycles. The van der Waals surface area contributed by atoms with Crippen molar-refractivity contribution in [2.75, 3.05) is 26.3 Å². The number of nitrogens with zero attached hydrogens (tertiary/aromatic N) is 1. The van der Waals surface area contributed by atoms with Gasteiger partial charge in [0.1, 0.15) is 6.04 Å². The predicted molar refractivity (Wildman–Crippen MR) is 64.5 cm³/mol. The second kappa shape index (κ2) is 7.27. The van der Waals surface area contributed by atoms with Crippen LogP contribution in [0.25, 0.3) is 0 Å². The summed E-state index contributed by atoms with van der Waals surface area (Å²) in [7, 11) is 0. The van der Waals surface area contributed by atoms with Gasteiger partial charge in [-0.3, -0.25) is 9.59 Å². The summed E-state index contributed by atoms with van der Waals surface area (Å²) in [6.45, 7) is 6.18. The first kappa shape index (κ1) is 14.0. The van der Waals surface area contributed by atoms with Gasteiger partial charge in [-0.25, -0.2) is 0 Å². The highest BCUT2D eigenvalue weighted by Crippen LogP contribution is 2.03. The molecular weight excluding hydrogens is 220 g/mol. The Balaban J connectivity index is 2.30.